The molecule has 0 fully saturated rings. The van der Waals surface area contributed by atoms with Crippen LogP contribution >= 0.6 is 0 Å². The highest BCUT2D eigenvalue weighted by Gasteiger charge is 2.22. The van der Waals surface area contributed by atoms with Gasteiger partial charge in [-0.15, -0.1) is 0 Å². The second kappa shape index (κ2) is 6.41. The molecular weight excluding hydrogens is 236 g/mol. The van der Waals surface area contributed by atoms with Gasteiger partial charge in [-0.2, -0.15) is 0 Å². The summed E-state index contributed by atoms with van der Waals surface area (Å²) in [6.07, 6.45) is 3.62. The molecular formula is C15H20N4. The zero-order valence-corrected chi connectivity index (χ0v) is 11.4. The van der Waals surface area contributed by atoms with E-state index in [0.717, 1.165) is 17.9 Å². The smallest absolute Gasteiger partial charge is 0.0671 e. The molecule has 0 aliphatic rings. The normalized spacial score (nSPS) is 14.3. The maximum atomic E-state index is 6.12. The van der Waals surface area contributed by atoms with Gasteiger partial charge in [0.2, 0.25) is 0 Å². The summed E-state index contributed by atoms with van der Waals surface area (Å²) in [5.74, 6) is 0. The quantitative estimate of drug-likeness (QED) is 0.889. The largest absolute Gasteiger partial charge is 0.326 e. The minimum Gasteiger partial charge on any atom is -0.326 e. The fourth-order valence-electron chi connectivity index (χ4n) is 2.29. The van der Waals surface area contributed by atoms with Crippen LogP contribution in [0.4, 0.5) is 0 Å². The number of nitrogens with zero attached hydrogens (tertiary/aromatic N) is 3. The van der Waals surface area contributed by atoms with Crippen molar-refractivity contribution in [3.63, 3.8) is 0 Å². The maximum Gasteiger partial charge on any atom is 0.0671 e. The van der Waals surface area contributed by atoms with Crippen LogP contribution in [-0.2, 0) is 6.54 Å². The first kappa shape index (κ1) is 13.6. The molecule has 2 unspecified atom stereocenters. The molecule has 2 atom stereocenters. The summed E-state index contributed by atoms with van der Waals surface area (Å²) in [4.78, 5) is 11.0. The average Bonchev–Trinajstić information content (AvgIpc) is 2.40. The van der Waals surface area contributed by atoms with Gasteiger partial charge in [0.05, 0.1) is 17.4 Å². The summed E-state index contributed by atoms with van der Waals surface area (Å²) >= 11 is 0. The Labute approximate surface area is 114 Å². The van der Waals surface area contributed by atoms with Gasteiger partial charge >= 0.3 is 0 Å². The zero-order chi connectivity index (χ0) is 13.7. The van der Waals surface area contributed by atoms with Crippen LogP contribution in [0.25, 0.3) is 0 Å². The molecule has 2 rings (SSSR count). The second-order valence-electron chi connectivity index (χ2n) is 4.79. The van der Waals surface area contributed by atoms with Gasteiger partial charge in [0.25, 0.3) is 0 Å². The highest BCUT2D eigenvalue weighted by Crippen LogP contribution is 2.21. The molecule has 2 aromatic heterocycles. The van der Waals surface area contributed by atoms with E-state index >= 15 is 0 Å². The molecule has 19 heavy (non-hydrogen) atoms. The van der Waals surface area contributed by atoms with E-state index in [1.54, 1.807) is 6.20 Å². The summed E-state index contributed by atoms with van der Waals surface area (Å²) in [6.45, 7) is 2.76. The number of hydrogen-bond donors (Lipinski definition) is 1. The summed E-state index contributed by atoms with van der Waals surface area (Å²) in [6, 6.07) is 12.0. The van der Waals surface area contributed by atoms with Crippen molar-refractivity contribution in [2.24, 2.45) is 5.73 Å². The standard InChI is InChI=1S/C15H20N4/c1-12(16)15(14-8-4-6-10-18-14)19(2)11-13-7-3-5-9-17-13/h3-10,12,15H,11,16H2,1-2H3. The molecule has 4 nitrogen and oxygen atoms in total. The first-order valence-electron chi connectivity index (χ1n) is 6.45. The van der Waals surface area contributed by atoms with Crippen molar-refractivity contribution < 1.29 is 0 Å². The summed E-state index contributed by atoms with van der Waals surface area (Å²) in [5, 5.41) is 0. The van der Waals surface area contributed by atoms with E-state index in [4.69, 9.17) is 5.73 Å². The Morgan fingerprint density at radius 2 is 1.79 bits per heavy atom. The Bertz CT molecular complexity index is 484. The maximum absolute atomic E-state index is 6.12. The van der Waals surface area contributed by atoms with Crippen molar-refractivity contribution in [3.05, 3.63) is 60.2 Å². The molecule has 0 aromatic carbocycles. The van der Waals surface area contributed by atoms with Gasteiger partial charge in [-0.3, -0.25) is 14.9 Å². The van der Waals surface area contributed by atoms with E-state index in [1.165, 1.54) is 0 Å². The lowest BCUT2D eigenvalue weighted by Gasteiger charge is -2.30. The first-order chi connectivity index (χ1) is 9.18. The molecule has 0 amide bonds. The van der Waals surface area contributed by atoms with Crippen molar-refractivity contribution in [1.82, 2.24) is 14.9 Å². The van der Waals surface area contributed by atoms with Crippen molar-refractivity contribution in [1.29, 1.82) is 0 Å². The van der Waals surface area contributed by atoms with E-state index in [-0.39, 0.29) is 12.1 Å². The fraction of sp³-hybridized carbons (Fsp3) is 0.333. The van der Waals surface area contributed by atoms with Crippen LogP contribution in [0.2, 0.25) is 0 Å². The molecule has 0 saturated heterocycles. The van der Waals surface area contributed by atoms with Crippen molar-refractivity contribution in [2.75, 3.05) is 7.05 Å². The molecule has 2 heterocycles. The molecule has 4 heteroatoms. The summed E-state index contributed by atoms with van der Waals surface area (Å²) in [5.41, 5.74) is 8.15. The Hall–Kier alpha value is -1.78. The molecule has 100 valence electrons. The lowest BCUT2D eigenvalue weighted by Crippen LogP contribution is -2.37. The second-order valence-corrected chi connectivity index (χ2v) is 4.79. The van der Waals surface area contributed by atoms with E-state index in [2.05, 4.69) is 21.9 Å². The van der Waals surface area contributed by atoms with E-state index in [1.807, 2.05) is 49.5 Å². The summed E-state index contributed by atoms with van der Waals surface area (Å²) in [7, 11) is 2.05. The fourth-order valence-corrected chi connectivity index (χ4v) is 2.29. The molecule has 2 N–H and O–H groups in total. The minimum atomic E-state index is 0.00334. The van der Waals surface area contributed by atoms with Gasteiger partial charge in [0.1, 0.15) is 0 Å². The Morgan fingerprint density at radius 1 is 1.11 bits per heavy atom. The number of aromatic nitrogens is 2. The minimum absolute atomic E-state index is 0.00334. The van der Waals surface area contributed by atoms with Gasteiger partial charge in [-0.05, 0) is 38.2 Å². The number of rotatable bonds is 5. The third kappa shape index (κ3) is 3.59. The van der Waals surface area contributed by atoms with Crippen LogP contribution in [0.3, 0.4) is 0 Å². The van der Waals surface area contributed by atoms with Crippen molar-refractivity contribution in [3.8, 4) is 0 Å². The highest BCUT2D eigenvalue weighted by molar-refractivity contribution is 5.12. The predicted octanol–water partition coefficient (Wildman–Crippen LogP) is 2.00. The number of pyridine rings is 2. The molecule has 0 spiro atoms. The van der Waals surface area contributed by atoms with E-state index in [9.17, 15) is 0 Å². The number of hydrogen-bond acceptors (Lipinski definition) is 4. The Balaban J connectivity index is 2.16. The van der Waals surface area contributed by atoms with Crippen LogP contribution in [0.15, 0.2) is 48.8 Å². The molecule has 0 radical (unpaired) electrons. The third-order valence-corrected chi connectivity index (χ3v) is 3.10. The monoisotopic (exact) mass is 256 g/mol. The summed E-state index contributed by atoms with van der Waals surface area (Å²) < 4.78 is 0. The molecule has 0 aliphatic heterocycles. The first-order valence-corrected chi connectivity index (χ1v) is 6.45. The predicted molar refractivity (Wildman–Crippen MR) is 76.3 cm³/mol. The van der Waals surface area contributed by atoms with Crippen LogP contribution in [0.5, 0.6) is 0 Å². The third-order valence-electron chi connectivity index (χ3n) is 3.10. The van der Waals surface area contributed by atoms with E-state index in [0.29, 0.717) is 0 Å². The SMILES string of the molecule is CC(N)C(c1ccccn1)N(C)Cc1ccccn1. The van der Waals surface area contributed by atoms with Gasteiger partial charge < -0.3 is 5.73 Å². The molecule has 0 bridgehead atoms. The van der Waals surface area contributed by atoms with E-state index < -0.39 is 0 Å². The van der Waals surface area contributed by atoms with Gasteiger partial charge in [0, 0.05) is 25.0 Å². The Kier molecular flexibility index (Phi) is 4.60. The van der Waals surface area contributed by atoms with Crippen LogP contribution in [0, 0.1) is 0 Å². The lowest BCUT2D eigenvalue weighted by molar-refractivity contribution is 0.204. The molecule has 0 saturated carbocycles. The topological polar surface area (TPSA) is 55.0 Å². The number of likely N-dealkylation sites (N-methyl/N-ethyl adjacent to an activating group) is 1. The van der Waals surface area contributed by atoms with Crippen LogP contribution in [0.1, 0.15) is 24.4 Å². The highest BCUT2D eigenvalue weighted by atomic mass is 15.2. The van der Waals surface area contributed by atoms with Crippen molar-refractivity contribution >= 4 is 0 Å². The van der Waals surface area contributed by atoms with Crippen LogP contribution < -0.4 is 5.73 Å². The number of nitrogens with two attached hydrogens (primary N) is 1. The Morgan fingerprint density at radius 3 is 2.32 bits per heavy atom. The van der Waals surface area contributed by atoms with Gasteiger partial charge in [-0.25, -0.2) is 0 Å². The zero-order valence-electron chi connectivity index (χ0n) is 11.4. The average molecular weight is 256 g/mol. The molecule has 2 aromatic rings. The molecule has 0 aliphatic carbocycles. The van der Waals surface area contributed by atoms with Gasteiger partial charge in [0.15, 0.2) is 0 Å². The van der Waals surface area contributed by atoms with Crippen LogP contribution in [-0.4, -0.2) is 28.0 Å². The lowest BCUT2D eigenvalue weighted by atomic mass is 10.0. The van der Waals surface area contributed by atoms with Gasteiger partial charge in [-0.1, -0.05) is 12.1 Å². The van der Waals surface area contributed by atoms with Crippen molar-refractivity contribution in [2.45, 2.75) is 25.6 Å².